The van der Waals surface area contributed by atoms with Crippen molar-refractivity contribution in [3.05, 3.63) is 53.2 Å². The monoisotopic (exact) mass is 375 g/mol. The standard InChI is InChI=1S/C18H16F3N5O/c1-10-13(9-12-5-3-4-6-14(12)22-10)16(27)25-7-8-26-15(11(25)2)23-24-17(26)18(19,20)21/h3-6,9,11H,7-8H2,1-2H3. The number of para-hydroxylation sites is 1. The number of fused-ring (bicyclic) bond motifs is 2. The van der Waals surface area contributed by atoms with E-state index >= 15 is 0 Å². The van der Waals surface area contributed by atoms with Gasteiger partial charge in [0.25, 0.3) is 5.91 Å². The highest BCUT2D eigenvalue weighted by Gasteiger charge is 2.42. The average Bonchev–Trinajstić information content (AvgIpc) is 3.06. The molecule has 3 heterocycles. The van der Waals surface area contributed by atoms with Crippen molar-refractivity contribution in [2.45, 2.75) is 32.6 Å². The predicted octanol–water partition coefficient (Wildman–Crippen LogP) is 3.37. The largest absolute Gasteiger partial charge is 0.451 e. The number of hydrogen-bond donors (Lipinski definition) is 0. The lowest BCUT2D eigenvalue weighted by atomic mass is 10.1. The summed E-state index contributed by atoms with van der Waals surface area (Å²) >= 11 is 0. The molecular formula is C18H16F3N5O. The fourth-order valence-electron chi connectivity index (χ4n) is 3.46. The molecule has 2 aromatic heterocycles. The number of rotatable bonds is 1. The number of carbonyl (C=O) groups excluding carboxylic acids is 1. The van der Waals surface area contributed by atoms with Gasteiger partial charge in [0.15, 0.2) is 5.82 Å². The highest BCUT2D eigenvalue weighted by Crippen LogP contribution is 2.33. The highest BCUT2D eigenvalue weighted by atomic mass is 19.4. The van der Waals surface area contributed by atoms with Gasteiger partial charge in [-0.3, -0.25) is 9.78 Å². The second-order valence-corrected chi connectivity index (χ2v) is 6.52. The molecular weight excluding hydrogens is 359 g/mol. The van der Waals surface area contributed by atoms with E-state index in [9.17, 15) is 18.0 Å². The van der Waals surface area contributed by atoms with Crippen molar-refractivity contribution >= 4 is 16.8 Å². The first-order valence-electron chi connectivity index (χ1n) is 8.45. The van der Waals surface area contributed by atoms with E-state index in [0.717, 1.165) is 15.5 Å². The van der Waals surface area contributed by atoms with Crippen LogP contribution in [0.1, 0.15) is 40.7 Å². The summed E-state index contributed by atoms with van der Waals surface area (Å²) in [6.07, 6.45) is -4.57. The van der Waals surface area contributed by atoms with Crippen LogP contribution in [0.5, 0.6) is 0 Å². The van der Waals surface area contributed by atoms with Crippen molar-refractivity contribution in [1.29, 1.82) is 0 Å². The molecule has 4 rings (SSSR count). The fraction of sp³-hybridized carbons (Fsp3) is 0.333. The van der Waals surface area contributed by atoms with E-state index < -0.39 is 18.0 Å². The van der Waals surface area contributed by atoms with Gasteiger partial charge in [-0.05, 0) is 26.0 Å². The van der Waals surface area contributed by atoms with Crippen LogP contribution >= 0.6 is 0 Å². The van der Waals surface area contributed by atoms with Gasteiger partial charge in [-0.15, -0.1) is 10.2 Å². The lowest BCUT2D eigenvalue weighted by Crippen LogP contribution is -2.42. The van der Waals surface area contributed by atoms with Crippen molar-refractivity contribution in [3.8, 4) is 0 Å². The van der Waals surface area contributed by atoms with E-state index in [1.54, 1.807) is 19.9 Å². The molecule has 1 unspecified atom stereocenters. The Labute approximate surface area is 152 Å². The number of hydrogen-bond acceptors (Lipinski definition) is 4. The lowest BCUT2D eigenvalue weighted by Gasteiger charge is -2.34. The molecule has 0 N–H and O–H groups in total. The molecule has 27 heavy (non-hydrogen) atoms. The quantitative estimate of drug-likeness (QED) is 0.654. The minimum Gasteiger partial charge on any atom is -0.327 e. The highest BCUT2D eigenvalue weighted by molar-refractivity contribution is 5.98. The van der Waals surface area contributed by atoms with Gasteiger partial charge in [-0.2, -0.15) is 13.2 Å². The maximum absolute atomic E-state index is 13.1. The van der Waals surface area contributed by atoms with E-state index in [-0.39, 0.29) is 24.8 Å². The number of alkyl halides is 3. The first-order valence-corrected chi connectivity index (χ1v) is 8.45. The number of amides is 1. The zero-order valence-electron chi connectivity index (χ0n) is 14.7. The third-order valence-electron chi connectivity index (χ3n) is 4.84. The lowest BCUT2D eigenvalue weighted by molar-refractivity contribution is -0.148. The summed E-state index contributed by atoms with van der Waals surface area (Å²) in [6.45, 7) is 3.54. The molecule has 0 saturated carbocycles. The number of aromatic nitrogens is 4. The summed E-state index contributed by atoms with van der Waals surface area (Å²) in [7, 11) is 0. The van der Waals surface area contributed by atoms with Crippen LogP contribution in [0.2, 0.25) is 0 Å². The van der Waals surface area contributed by atoms with Crippen LogP contribution < -0.4 is 0 Å². The zero-order valence-corrected chi connectivity index (χ0v) is 14.7. The van der Waals surface area contributed by atoms with Gasteiger partial charge in [0, 0.05) is 18.5 Å². The van der Waals surface area contributed by atoms with Crippen molar-refractivity contribution < 1.29 is 18.0 Å². The first-order chi connectivity index (χ1) is 12.8. The molecule has 1 atom stereocenters. The van der Waals surface area contributed by atoms with Crippen LogP contribution in [0.15, 0.2) is 30.3 Å². The third-order valence-corrected chi connectivity index (χ3v) is 4.84. The van der Waals surface area contributed by atoms with E-state index in [1.807, 2.05) is 24.3 Å². The van der Waals surface area contributed by atoms with Gasteiger partial charge in [0.05, 0.1) is 22.8 Å². The zero-order chi connectivity index (χ0) is 19.3. The molecule has 0 radical (unpaired) electrons. The average molecular weight is 375 g/mol. The molecule has 0 fully saturated rings. The molecule has 1 aliphatic rings. The van der Waals surface area contributed by atoms with Gasteiger partial charge in [-0.25, -0.2) is 0 Å². The van der Waals surface area contributed by atoms with E-state index in [1.165, 1.54) is 4.90 Å². The van der Waals surface area contributed by atoms with Crippen LogP contribution in [0.3, 0.4) is 0 Å². The Kier molecular flexibility index (Phi) is 3.90. The normalized spacial score (nSPS) is 17.2. The topological polar surface area (TPSA) is 63.9 Å². The molecule has 1 amide bonds. The second kappa shape index (κ2) is 6.04. The Morgan fingerprint density at radius 2 is 1.93 bits per heavy atom. The first kappa shape index (κ1) is 17.4. The van der Waals surface area contributed by atoms with Crippen LogP contribution in [-0.4, -0.2) is 37.1 Å². The molecule has 0 aliphatic carbocycles. The van der Waals surface area contributed by atoms with Crippen molar-refractivity contribution in [2.75, 3.05) is 6.54 Å². The van der Waals surface area contributed by atoms with Crippen LogP contribution in [0.4, 0.5) is 13.2 Å². The Balaban J connectivity index is 1.70. The molecule has 0 spiro atoms. The third kappa shape index (κ3) is 2.83. The van der Waals surface area contributed by atoms with Crippen LogP contribution in [0.25, 0.3) is 10.9 Å². The number of halogens is 3. The molecule has 3 aromatic rings. The second-order valence-electron chi connectivity index (χ2n) is 6.52. The summed E-state index contributed by atoms with van der Waals surface area (Å²) in [5.41, 5.74) is 1.80. The van der Waals surface area contributed by atoms with Crippen molar-refractivity contribution in [1.82, 2.24) is 24.6 Å². The smallest absolute Gasteiger partial charge is 0.327 e. The van der Waals surface area contributed by atoms with Gasteiger partial charge in [-0.1, -0.05) is 18.2 Å². The van der Waals surface area contributed by atoms with Crippen molar-refractivity contribution in [2.24, 2.45) is 0 Å². The Morgan fingerprint density at radius 1 is 1.19 bits per heavy atom. The van der Waals surface area contributed by atoms with Crippen LogP contribution in [0, 0.1) is 6.92 Å². The summed E-state index contributed by atoms with van der Waals surface area (Å²) in [5, 5.41) is 7.80. The fourth-order valence-corrected chi connectivity index (χ4v) is 3.46. The SMILES string of the molecule is Cc1nc2ccccc2cc1C(=O)N1CCn2c(nnc2C(F)(F)F)C1C. The number of pyridine rings is 1. The van der Waals surface area contributed by atoms with Gasteiger partial charge in [0.1, 0.15) is 0 Å². The van der Waals surface area contributed by atoms with Crippen LogP contribution in [-0.2, 0) is 12.7 Å². The number of nitrogens with zero attached hydrogens (tertiary/aromatic N) is 5. The van der Waals surface area contributed by atoms with Gasteiger partial charge < -0.3 is 9.47 Å². The summed E-state index contributed by atoms with van der Waals surface area (Å²) < 4.78 is 40.2. The maximum Gasteiger partial charge on any atom is 0.451 e. The predicted molar refractivity (Wildman–Crippen MR) is 91.0 cm³/mol. The summed E-state index contributed by atoms with van der Waals surface area (Å²) in [4.78, 5) is 19.1. The van der Waals surface area contributed by atoms with Crippen molar-refractivity contribution in [3.63, 3.8) is 0 Å². The van der Waals surface area contributed by atoms with Gasteiger partial charge >= 0.3 is 6.18 Å². The minimum atomic E-state index is -4.57. The van der Waals surface area contributed by atoms with E-state index in [0.29, 0.717) is 11.3 Å². The molecule has 0 saturated heterocycles. The molecule has 9 heteroatoms. The molecule has 140 valence electrons. The van der Waals surface area contributed by atoms with E-state index in [4.69, 9.17) is 0 Å². The molecule has 6 nitrogen and oxygen atoms in total. The summed E-state index contributed by atoms with van der Waals surface area (Å²) in [5.74, 6) is -1.17. The van der Waals surface area contributed by atoms with Gasteiger partial charge in [0.2, 0.25) is 5.82 Å². The minimum absolute atomic E-state index is 0.00663. The number of aryl methyl sites for hydroxylation is 1. The molecule has 1 aliphatic heterocycles. The Bertz CT molecular complexity index is 1040. The van der Waals surface area contributed by atoms with E-state index in [2.05, 4.69) is 15.2 Å². The number of carbonyl (C=O) groups is 1. The Morgan fingerprint density at radius 3 is 2.67 bits per heavy atom. The number of benzene rings is 1. The summed E-state index contributed by atoms with van der Waals surface area (Å²) in [6, 6.07) is 8.60. The molecule has 1 aromatic carbocycles. The Hall–Kier alpha value is -2.97. The molecule has 0 bridgehead atoms. The maximum atomic E-state index is 13.1.